The maximum absolute atomic E-state index is 11.2. The van der Waals surface area contributed by atoms with Crippen molar-refractivity contribution in [1.82, 2.24) is 0 Å². The number of carbonyl (C=O) groups excluding carboxylic acids is 2. The summed E-state index contributed by atoms with van der Waals surface area (Å²) in [6, 6.07) is 5.08. The van der Waals surface area contributed by atoms with Crippen LogP contribution in [0.25, 0.3) is 0 Å². The number of hydrogen-bond acceptors (Lipinski definition) is 4. The quantitative estimate of drug-likeness (QED) is 0.490. The van der Waals surface area contributed by atoms with Crippen LogP contribution >= 0.6 is 11.6 Å². The molecular formula is C13H16ClNO3. The van der Waals surface area contributed by atoms with E-state index in [2.05, 4.69) is 10.1 Å². The fraction of sp³-hybridized carbons (Fsp3) is 0.385. The van der Waals surface area contributed by atoms with E-state index in [1.807, 2.05) is 0 Å². The van der Waals surface area contributed by atoms with Gasteiger partial charge in [-0.1, -0.05) is 11.6 Å². The van der Waals surface area contributed by atoms with Gasteiger partial charge in [0.1, 0.15) is 0 Å². The van der Waals surface area contributed by atoms with Crippen LogP contribution in [0.15, 0.2) is 18.2 Å². The molecule has 1 N–H and O–H groups in total. The third-order valence-electron chi connectivity index (χ3n) is 2.47. The van der Waals surface area contributed by atoms with Gasteiger partial charge in [0.05, 0.1) is 17.8 Å². The Morgan fingerprint density at radius 1 is 1.39 bits per heavy atom. The summed E-state index contributed by atoms with van der Waals surface area (Å²) >= 11 is 6.00. The molecule has 1 aromatic rings. The van der Waals surface area contributed by atoms with Gasteiger partial charge in [-0.2, -0.15) is 0 Å². The summed E-state index contributed by atoms with van der Waals surface area (Å²) in [6.07, 6.45) is 1.00. The number of methoxy groups -OCH3 is 1. The first-order valence-electron chi connectivity index (χ1n) is 5.65. The van der Waals surface area contributed by atoms with Crippen molar-refractivity contribution >= 4 is 29.0 Å². The van der Waals surface area contributed by atoms with Gasteiger partial charge < -0.3 is 10.1 Å². The molecule has 98 valence electrons. The van der Waals surface area contributed by atoms with Gasteiger partial charge in [0, 0.05) is 18.5 Å². The lowest BCUT2D eigenvalue weighted by atomic mass is 10.1. The second kappa shape index (κ2) is 7.01. The summed E-state index contributed by atoms with van der Waals surface area (Å²) in [5.41, 5.74) is 1.31. The largest absolute Gasteiger partial charge is 0.469 e. The number of nitrogens with one attached hydrogen (secondary N) is 1. The number of ketones is 1. The minimum Gasteiger partial charge on any atom is -0.469 e. The van der Waals surface area contributed by atoms with Crippen molar-refractivity contribution in [2.24, 2.45) is 0 Å². The van der Waals surface area contributed by atoms with Crippen molar-refractivity contribution in [3.8, 4) is 0 Å². The fourth-order valence-corrected chi connectivity index (χ4v) is 1.62. The van der Waals surface area contributed by atoms with Crippen LogP contribution in [0.3, 0.4) is 0 Å². The highest BCUT2D eigenvalue weighted by atomic mass is 35.5. The summed E-state index contributed by atoms with van der Waals surface area (Å²) < 4.78 is 4.54. The number of rotatable bonds is 6. The summed E-state index contributed by atoms with van der Waals surface area (Å²) in [5.74, 6) is -0.246. The highest BCUT2D eigenvalue weighted by Gasteiger charge is 2.05. The Balaban J connectivity index is 2.53. The highest BCUT2D eigenvalue weighted by Crippen LogP contribution is 2.23. The molecule has 0 aliphatic rings. The first-order valence-corrected chi connectivity index (χ1v) is 6.03. The molecule has 0 amide bonds. The van der Waals surface area contributed by atoms with E-state index in [9.17, 15) is 9.59 Å². The lowest BCUT2D eigenvalue weighted by molar-refractivity contribution is -0.140. The van der Waals surface area contributed by atoms with Crippen LogP contribution in [0.4, 0.5) is 5.69 Å². The molecule has 1 aromatic carbocycles. The zero-order valence-electron chi connectivity index (χ0n) is 10.5. The molecule has 18 heavy (non-hydrogen) atoms. The summed E-state index contributed by atoms with van der Waals surface area (Å²) in [7, 11) is 1.36. The summed E-state index contributed by atoms with van der Waals surface area (Å²) in [4.78, 5) is 22.1. The Labute approximate surface area is 111 Å². The zero-order valence-corrected chi connectivity index (χ0v) is 11.2. The van der Waals surface area contributed by atoms with Gasteiger partial charge in [-0.15, -0.1) is 0 Å². The fourth-order valence-electron chi connectivity index (χ4n) is 1.44. The predicted molar refractivity (Wildman–Crippen MR) is 71.2 cm³/mol. The molecule has 0 radical (unpaired) electrons. The number of Topliss-reactive ketones (excluding diaryl/α,β-unsaturated/α-hetero) is 1. The number of esters is 1. The first-order chi connectivity index (χ1) is 8.54. The predicted octanol–water partition coefficient (Wildman–Crippen LogP) is 2.91. The topological polar surface area (TPSA) is 55.4 Å². The number of hydrogen-bond donors (Lipinski definition) is 1. The molecule has 0 saturated heterocycles. The smallest absolute Gasteiger partial charge is 0.305 e. The molecule has 5 heteroatoms. The van der Waals surface area contributed by atoms with E-state index in [4.69, 9.17) is 11.6 Å². The van der Waals surface area contributed by atoms with Gasteiger partial charge in [0.15, 0.2) is 5.78 Å². The maximum Gasteiger partial charge on any atom is 0.305 e. The number of benzene rings is 1. The van der Waals surface area contributed by atoms with Crippen LogP contribution in [0, 0.1) is 0 Å². The van der Waals surface area contributed by atoms with Crippen LogP contribution in [0.2, 0.25) is 5.02 Å². The SMILES string of the molecule is COC(=O)CCCNc1cc(C(C)=O)ccc1Cl. The molecule has 0 saturated carbocycles. The Bertz CT molecular complexity index is 446. The van der Waals surface area contributed by atoms with Crippen LogP contribution in [-0.2, 0) is 9.53 Å². The monoisotopic (exact) mass is 269 g/mol. The number of halogens is 1. The lowest BCUT2D eigenvalue weighted by Crippen LogP contribution is -2.07. The molecule has 0 unspecified atom stereocenters. The van der Waals surface area contributed by atoms with Crippen LogP contribution in [0.5, 0.6) is 0 Å². The Hall–Kier alpha value is -1.55. The van der Waals surface area contributed by atoms with Crippen LogP contribution < -0.4 is 5.32 Å². The molecule has 0 aliphatic carbocycles. The summed E-state index contributed by atoms with van der Waals surface area (Å²) in [5, 5.41) is 3.65. The van der Waals surface area contributed by atoms with Gasteiger partial charge in [-0.3, -0.25) is 9.59 Å². The molecule has 1 rings (SSSR count). The van der Waals surface area contributed by atoms with Gasteiger partial charge in [-0.05, 0) is 31.5 Å². The van der Waals surface area contributed by atoms with Crippen molar-refractivity contribution in [1.29, 1.82) is 0 Å². The van der Waals surface area contributed by atoms with Gasteiger partial charge in [-0.25, -0.2) is 0 Å². The second-order valence-corrected chi connectivity index (χ2v) is 4.26. The number of carbonyl (C=O) groups is 2. The zero-order chi connectivity index (χ0) is 13.5. The average Bonchev–Trinajstić information content (AvgIpc) is 2.35. The van der Waals surface area contributed by atoms with Crippen molar-refractivity contribution < 1.29 is 14.3 Å². The average molecular weight is 270 g/mol. The van der Waals surface area contributed by atoms with Gasteiger partial charge >= 0.3 is 5.97 Å². The third kappa shape index (κ3) is 4.37. The second-order valence-electron chi connectivity index (χ2n) is 3.86. The van der Waals surface area contributed by atoms with Crippen molar-refractivity contribution in [3.05, 3.63) is 28.8 Å². The summed E-state index contributed by atoms with van der Waals surface area (Å²) in [6.45, 7) is 2.10. The maximum atomic E-state index is 11.2. The molecule has 0 spiro atoms. The van der Waals surface area contributed by atoms with Crippen molar-refractivity contribution in [2.75, 3.05) is 19.0 Å². The Kier molecular flexibility index (Phi) is 5.65. The normalized spacial score (nSPS) is 9.94. The van der Waals surface area contributed by atoms with E-state index in [0.717, 1.165) is 0 Å². The van der Waals surface area contributed by atoms with E-state index >= 15 is 0 Å². The number of ether oxygens (including phenoxy) is 1. The van der Waals surface area contributed by atoms with Gasteiger partial charge in [0.2, 0.25) is 0 Å². The van der Waals surface area contributed by atoms with Crippen molar-refractivity contribution in [2.45, 2.75) is 19.8 Å². The lowest BCUT2D eigenvalue weighted by Gasteiger charge is -2.09. The van der Waals surface area contributed by atoms with Gasteiger partial charge in [0.25, 0.3) is 0 Å². The van der Waals surface area contributed by atoms with Crippen LogP contribution in [-0.4, -0.2) is 25.4 Å². The third-order valence-corrected chi connectivity index (χ3v) is 2.80. The molecule has 0 aromatic heterocycles. The highest BCUT2D eigenvalue weighted by molar-refractivity contribution is 6.33. The molecule has 0 aliphatic heterocycles. The molecule has 0 fully saturated rings. The molecule has 0 bridgehead atoms. The van der Waals surface area contributed by atoms with E-state index < -0.39 is 0 Å². The van der Waals surface area contributed by atoms with E-state index in [0.29, 0.717) is 35.7 Å². The first kappa shape index (κ1) is 14.5. The Morgan fingerprint density at radius 2 is 2.11 bits per heavy atom. The van der Waals surface area contributed by atoms with E-state index in [1.54, 1.807) is 18.2 Å². The number of anilines is 1. The van der Waals surface area contributed by atoms with Crippen LogP contribution in [0.1, 0.15) is 30.1 Å². The Morgan fingerprint density at radius 3 is 2.72 bits per heavy atom. The van der Waals surface area contributed by atoms with Crippen molar-refractivity contribution in [3.63, 3.8) is 0 Å². The molecular weight excluding hydrogens is 254 g/mol. The van der Waals surface area contributed by atoms with E-state index in [1.165, 1.54) is 14.0 Å². The minimum absolute atomic E-state index is 0.00993. The minimum atomic E-state index is -0.236. The van der Waals surface area contributed by atoms with E-state index in [-0.39, 0.29) is 11.8 Å². The molecule has 0 atom stereocenters. The molecule has 0 heterocycles. The molecule has 4 nitrogen and oxygen atoms in total. The standard InChI is InChI=1S/C13H16ClNO3/c1-9(16)10-5-6-11(14)12(8-10)15-7-3-4-13(17)18-2/h5-6,8,15H,3-4,7H2,1-2H3.